The fourth-order valence-electron chi connectivity index (χ4n) is 1.92. The lowest BCUT2D eigenvalue weighted by atomic mass is 10.0. The number of methoxy groups -OCH3 is 1. The summed E-state index contributed by atoms with van der Waals surface area (Å²) >= 11 is 1.59. The van der Waals surface area contributed by atoms with E-state index >= 15 is 0 Å². The molecule has 0 saturated carbocycles. The Bertz CT molecular complexity index is 659. The van der Waals surface area contributed by atoms with Crippen LogP contribution in [0.2, 0.25) is 0 Å². The lowest BCUT2D eigenvalue weighted by Gasteiger charge is -2.02. The lowest BCUT2D eigenvalue weighted by Crippen LogP contribution is -1.82. The largest absolute Gasteiger partial charge is 0.480 e. The minimum Gasteiger partial charge on any atom is -0.480 e. The van der Waals surface area contributed by atoms with E-state index in [-0.39, 0.29) is 0 Å². The first kappa shape index (κ1) is 11.9. The van der Waals surface area contributed by atoms with Gasteiger partial charge in [-0.05, 0) is 11.1 Å². The van der Waals surface area contributed by atoms with E-state index < -0.39 is 0 Å². The van der Waals surface area contributed by atoms with Crippen LogP contribution in [0.5, 0.6) is 5.88 Å². The summed E-state index contributed by atoms with van der Waals surface area (Å²) in [6, 6.07) is 18.8. The molecule has 0 saturated heterocycles. The van der Waals surface area contributed by atoms with Gasteiger partial charge in [0.25, 0.3) is 0 Å². The third-order valence-electron chi connectivity index (χ3n) is 2.93. The molecule has 0 fully saturated rings. The maximum Gasteiger partial charge on any atom is 0.224 e. The zero-order valence-corrected chi connectivity index (χ0v) is 11.4. The molecule has 94 valence electrons. The first-order valence-corrected chi connectivity index (χ1v) is 6.90. The molecule has 2 aromatic carbocycles. The third-order valence-corrected chi connectivity index (χ3v) is 3.80. The Hall–Kier alpha value is -2.13. The highest BCUT2D eigenvalue weighted by Crippen LogP contribution is 2.28. The Morgan fingerprint density at radius 2 is 1.47 bits per heavy atom. The maximum atomic E-state index is 5.11. The highest BCUT2D eigenvalue weighted by atomic mass is 32.1. The SMILES string of the molecule is COc1csc(-c2ccc(-c3ccccc3)cc2)n1. The van der Waals surface area contributed by atoms with Crippen molar-refractivity contribution < 1.29 is 4.74 Å². The minimum atomic E-state index is 0.673. The quantitative estimate of drug-likeness (QED) is 0.697. The molecule has 0 aliphatic heterocycles. The van der Waals surface area contributed by atoms with Crippen molar-refractivity contribution in [2.24, 2.45) is 0 Å². The van der Waals surface area contributed by atoms with Crippen LogP contribution < -0.4 is 4.74 Å². The molecule has 0 radical (unpaired) electrons. The van der Waals surface area contributed by atoms with Crippen LogP contribution >= 0.6 is 11.3 Å². The van der Waals surface area contributed by atoms with Gasteiger partial charge in [0.2, 0.25) is 5.88 Å². The van der Waals surface area contributed by atoms with Gasteiger partial charge in [-0.2, -0.15) is 0 Å². The highest BCUT2D eigenvalue weighted by molar-refractivity contribution is 7.13. The van der Waals surface area contributed by atoms with E-state index in [2.05, 4.69) is 53.5 Å². The summed E-state index contributed by atoms with van der Waals surface area (Å²) in [5.41, 5.74) is 3.56. The van der Waals surface area contributed by atoms with Gasteiger partial charge in [-0.1, -0.05) is 54.6 Å². The van der Waals surface area contributed by atoms with Crippen LogP contribution in [0.3, 0.4) is 0 Å². The van der Waals surface area contributed by atoms with Gasteiger partial charge in [0.05, 0.1) is 12.5 Å². The van der Waals surface area contributed by atoms with Crippen molar-refractivity contribution in [1.82, 2.24) is 4.98 Å². The molecule has 0 N–H and O–H groups in total. The molecule has 19 heavy (non-hydrogen) atoms. The fraction of sp³-hybridized carbons (Fsp3) is 0.0625. The second-order valence-corrected chi connectivity index (χ2v) is 5.00. The molecule has 0 unspecified atom stereocenters. The Labute approximate surface area is 116 Å². The van der Waals surface area contributed by atoms with E-state index in [1.165, 1.54) is 11.1 Å². The summed E-state index contributed by atoms with van der Waals surface area (Å²) in [5.74, 6) is 0.673. The topological polar surface area (TPSA) is 22.1 Å². The highest BCUT2D eigenvalue weighted by Gasteiger charge is 2.05. The normalized spacial score (nSPS) is 10.4. The molecule has 0 spiro atoms. The molecular weight excluding hydrogens is 254 g/mol. The number of hydrogen-bond acceptors (Lipinski definition) is 3. The monoisotopic (exact) mass is 267 g/mol. The van der Waals surface area contributed by atoms with Crippen molar-refractivity contribution in [2.45, 2.75) is 0 Å². The van der Waals surface area contributed by atoms with Crippen LogP contribution in [-0.4, -0.2) is 12.1 Å². The van der Waals surface area contributed by atoms with E-state index in [1.807, 2.05) is 11.4 Å². The second kappa shape index (κ2) is 5.24. The minimum absolute atomic E-state index is 0.673. The van der Waals surface area contributed by atoms with Crippen LogP contribution in [0.4, 0.5) is 0 Å². The Kier molecular flexibility index (Phi) is 3.29. The summed E-state index contributed by atoms with van der Waals surface area (Å²) in [6.45, 7) is 0. The van der Waals surface area contributed by atoms with Gasteiger partial charge >= 0.3 is 0 Å². The molecule has 2 nitrogen and oxygen atoms in total. The number of rotatable bonds is 3. The Morgan fingerprint density at radius 3 is 2.11 bits per heavy atom. The van der Waals surface area contributed by atoms with Crippen molar-refractivity contribution in [3.05, 3.63) is 60.0 Å². The van der Waals surface area contributed by atoms with E-state index in [0.717, 1.165) is 10.6 Å². The van der Waals surface area contributed by atoms with Crippen LogP contribution in [0, 0.1) is 0 Å². The molecule has 0 bridgehead atoms. The van der Waals surface area contributed by atoms with E-state index in [1.54, 1.807) is 18.4 Å². The molecule has 1 heterocycles. The Morgan fingerprint density at radius 1 is 0.842 bits per heavy atom. The van der Waals surface area contributed by atoms with Crippen molar-refractivity contribution in [3.8, 4) is 27.6 Å². The van der Waals surface area contributed by atoms with Crippen molar-refractivity contribution in [1.29, 1.82) is 0 Å². The standard InChI is InChI=1S/C16H13NOS/c1-18-15-11-19-16(17-15)14-9-7-13(8-10-14)12-5-3-2-4-6-12/h2-11H,1H3. The predicted molar refractivity (Wildman–Crippen MR) is 79.5 cm³/mol. The molecular formula is C16H13NOS. The van der Waals surface area contributed by atoms with E-state index in [4.69, 9.17) is 4.74 Å². The second-order valence-electron chi connectivity index (χ2n) is 4.14. The average Bonchev–Trinajstić information content (AvgIpc) is 2.97. The first-order valence-electron chi connectivity index (χ1n) is 6.02. The molecule has 3 aromatic rings. The van der Waals surface area contributed by atoms with Crippen LogP contribution in [-0.2, 0) is 0 Å². The maximum absolute atomic E-state index is 5.11. The summed E-state index contributed by atoms with van der Waals surface area (Å²) in [6.07, 6.45) is 0. The number of ether oxygens (including phenoxy) is 1. The average molecular weight is 267 g/mol. The lowest BCUT2D eigenvalue weighted by molar-refractivity contribution is 0.401. The number of hydrogen-bond donors (Lipinski definition) is 0. The van der Waals surface area contributed by atoms with E-state index in [0.29, 0.717) is 5.88 Å². The third kappa shape index (κ3) is 2.51. The number of thiazole rings is 1. The van der Waals surface area contributed by atoms with Gasteiger partial charge in [-0.3, -0.25) is 0 Å². The van der Waals surface area contributed by atoms with E-state index in [9.17, 15) is 0 Å². The Balaban J connectivity index is 1.90. The molecule has 0 aliphatic rings. The van der Waals surface area contributed by atoms with Gasteiger partial charge in [0.1, 0.15) is 5.01 Å². The van der Waals surface area contributed by atoms with Crippen LogP contribution in [0.1, 0.15) is 0 Å². The number of aromatic nitrogens is 1. The van der Waals surface area contributed by atoms with Gasteiger partial charge in [0.15, 0.2) is 0 Å². The fourth-order valence-corrected chi connectivity index (χ4v) is 2.70. The van der Waals surface area contributed by atoms with Crippen LogP contribution in [0.25, 0.3) is 21.7 Å². The summed E-state index contributed by atoms with van der Waals surface area (Å²) in [5, 5.41) is 2.90. The van der Waals surface area contributed by atoms with Gasteiger partial charge < -0.3 is 4.74 Å². The summed E-state index contributed by atoms with van der Waals surface area (Å²) in [4.78, 5) is 4.40. The summed E-state index contributed by atoms with van der Waals surface area (Å²) in [7, 11) is 1.64. The van der Waals surface area contributed by atoms with Crippen molar-refractivity contribution in [2.75, 3.05) is 7.11 Å². The van der Waals surface area contributed by atoms with Crippen molar-refractivity contribution >= 4 is 11.3 Å². The first-order chi connectivity index (χ1) is 9.36. The van der Waals surface area contributed by atoms with Crippen molar-refractivity contribution in [3.63, 3.8) is 0 Å². The number of nitrogens with zero attached hydrogens (tertiary/aromatic N) is 1. The molecule has 0 aliphatic carbocycles. The molecule has 3 rings (SSSR count). The smallest absolute Gasteiger partial charge is 0.224 e. The van der Waals surface area contributed by atoms with Gasteiger partial charge in [-0.25, -0.2) is 4.98 Å². The molecule has 1 aromatic heterocycles. The summed E-state index contributed by atoms with van der Waals surface area (Å²) < 4.78 is 5.11. The molecule has 0 amide bonds. The number of benzene rings is 2. The molecule has 0 atom stereocenters. The predicted octanol–water partition coefficient (Wildman–Crippen LogP) is 4.49. The van der Waals surface area contributed by atoms with Gasteiger partial charge in [0, 0.05) is 5.56 Å². The zero-order chi connectivity index (χ0) is 13.1. The van der Waals surface area contributed by atoms with Gasteiger partial charge in [-0.15, -0.1) is 11.3 Å². The molecule has 3 heteroatoms. The zero-order valence-electron chi connectivity index (χ0n) is 10.5. The van der Waals surface area contributed by atoms with Crippen LogP contribution in [0.15, 0.2) is 60.0 Å².